The van der Waals surface area contributed by atoms with Gasteiger partial charge in [-0.3, -0.25) is 4.79 Å². The van der Waals surface area contributed by atoms with Gasteiger partial charge in [0.1, 0.15) is 5.60 Å². The molecular formula is C21H26NO4-. The van der Waals surface area contributed by atoms with E-state index in [9.17, 15) is 19.8 Å². The Labute approximate surface area is 154 Å². The van der Waals surface area contributed by atoms with Crippen molar-refractivity contribution in [2.45, 2.75) is 69.9 Å². The summed E-state index contributed by atoms with van der Waals surface area (Å²) in [4.78, 5) is 23.3. The molecule has 5 nitrogen and oxygen atoms in total. The average Bonchev–Trinajstić information content (AvgIpc) is 2.64. The van der Waals surface area contributed by atoms with Crippen LogP contribution in [-0.2, 0) is 4.79 Å². The number of hydrogen-bond acceptors (Lipinski definition) is 4. The molecule has 2 N–H and O–H groups in total. The Kier molecular flexibility index (Phi) is 7.23. The first kappa shape index (κ1) is 20.0. The molecule has 1 aliphatic carbocycles. The molecule has 0 aliphatic heterocycles. The van der Waals surface area contributed by atoms with Crippen molar-refractivity contribution in [2.24, 2.45) is 0 Å². The number of carbonyl (C=O) groups is 2. The number of hydrogen-bond donors (Lipinski definition) is 2. The maximum absolute atomic E-state index is 12.2. The van der Waals surface area contributed by atoms with Crippen LogP contribution < -0.4 is 10.4 Å². The SMILES string of the molecule is CCCC[C@@H](NC(=O)c1ccc(C#CC2(O)CCCCC2)cc1)C(=O)[O-]. The molecule has 140 valence electrons. The first-order valence-corrected chi connectivity index (χ1v) is 9.31. The fourth-order valence-electron chi connectivity index (χ4n) is 3.05. The Balaban J connectivity index is 2.00. The average molecular weight is 356 g/mol. The van der Waals surface area contributed by atoms with Crippen LogP contribution in [-0.4, -0.2) is 28.6 Å². The van der Waals surface area contributed by atoms with Crippen LogP contribution in [0.2, 0.25) is 0 Å². The Bertz CT molecular complexity index is 678. The lowest BCUT2D eigenvalue weighted by Gasteiger charge is -2.26. The molecule has 0 aromatic heterocycles. The highest BCUT2D eigenvalue weighted by Crippen LogP contribution is 2.27. The van der Waals surface area contributed by atoms with E-state index in [1.165, 1.54) is 0 Å². The molecular weight excluding hydrogens is 330 g/mol. The minimum absolute atomic E-state index is 0.354. The summed E-state index contributed by atoms with van der Waals surface area (Å²) in [7, 11) is 0. The van der Waals surface area contributed by atoms with E-state index in [-0.39, 0.29) is 0 Å². The summed E-state index contributed by atoms with van der Waals surface area (Å²) in [5.41, 5.74) is 0.174. The smallest absolute Gasteiger partial charge is 0.251 e. The lowest BCUT2D eigenvalue weighted by molar-refractivity contribution is -0.308. The van der Waals surface area contributed by atoms with Crippen molar-refractivity contribution in [3.63, 3.8) is 0 Å². The molecule has 0 spiro atoms. The number of aliphatic carboxylic acids is 1. The number of amides is 1. The number of carboxylic acids is 1. The Hall–Kier alpha value is -2.32. The maximum Gasteiger partial charge on any atom is 0.251 e. The van der Waals surface area contributed by atoms with Crippen LogP contribution in [0.25, 0.3) is 0 Å². The molecule has 5 heteroatoms. The van der Waals surface area contributed by atoms with Gasteiger partial charge >= 0.3 is 0 Å². The van der Waals surface area contributed by atoms with Gasteiger partial charge < -0.3 is 20.3 Å². The van der Waals surface area contributed by atoms with Crippen molar-refractivity contribution in [1.82, 2.24) is 5.32 Å². The minimum atomic E-state index is -1.27. The highest BCUT2D eigenvalue weighted by atomic mass is 16.4. The fraction of sp³-hybridized carbons (Fsp3) is 0.524. The first-order valence-electron chi connectivity index (χ1n) is 9.31. The highest BCUT2D eigenvalue weighted by molar-refractivity contribution is 5.96. The summed E-state index contributed by atoms with van der Waals surface area (Å²) in [6, 6.07) is 5.64. The Morgan fingerprint density at radius 2 is 1.88 bits per heavy atom. The van der Waals surface area contributed by atoms with Gasteiger partial charge in [0.05, 0.1) is 12.0 Å². The molecule has 0 saturated heterocycles. The third kappa shape index (κ3) is 5.89. The van der Waals surface area contributed by atoms with Gasteiger partial charge in [-0.2, -0.15) is 0 Å². The second-order valence-electron chi connectivity index (χ2n) is 6.91. The summed E-state index contributed by atoms with van der Waals surface area (Å²) < 4.78 is 0. The number of aliphatic hydroxyl groups is 1. The van der Waals surface area contributed by atoms with E-state index in [2.05, 4.69) is 17.2 Å². The molecule has 0 unspecified atom stereocenters. The van der Waals surface area contributed by atoms with Gasteiger partial charge in [0, 0.05) is 11.1 Å². The second-order valence-corrected chi connectivity index (χ2v) is 6.91. The predicted molar refractivity (Wildman–Crippen MR) is 97.1 cm³/mol. The van der Waals surface area contributed by atoms with Crippen LogP contribution in [0.3, 0.4) is 0 Å². The van der Waals surface area contributed by atoms with Crippen LogP contribution in [0, 0.1) is 11.8 Å². The van der Waals surface area contributed by atoms with Gasteiger partial charge in [0.25, 0.3) is 5.91 Å². The van der Waals surface area contributed by atoms with E-state index in [0.717, 1.165) is 25.7 Å². The molecule has 0 heterocycles. The normalized spacial score (nSPS) is 16.8. The zero-order chi connectivity index (χ0) is 19.0. The van der Waals surface area contributed by atoms with Crippen molar-refractivity contribution in [3.05, 3.63) is 35.4 Å². The van der Waals surface area contributed by atoms with Crippen LogP contribution in [0.15, 0.2) is 24.3 Å². The van der Waals surface area contributed by atoms with Crippen molar-refractivity contribution in [2.75, 3.05) is 0 Å². The number of unbranched alkanes of at least 4 members (excludes halogenated alkanes) is 1. The number of carbonyl (C=O) groups excluding carboxylic acids is 2. The number of nitrogens with one attached hydrogen (secondary N) is 1. The molecule has 1 saturated carbocycles. The van der Waals surface area contributed by atoms with E-state index < -0.39 is 23.5 Å². The van der Waals surface area contributed by atoms with Crippen LogP contribution in [0.5, 0.6) is 0 Å². The number of rotatable bonds is 6. The lowest BCUT2D eigenvalue weighted by Crippen LogP contribution is -2.47. The number of benzene rings is 1. The molecule has 1 aliphatic rings. The molecule has 2 rings (SSSR count). The highest BCUT2D eigenvalue weighted by Gasteiger charge is 2.26. The summed E-state index contributed by atoms with van der Waals surface area (Å²) in [6.45, 7) is 1.96. The minimum Gasteiger partial charge on any atom is -0.548 e. The Morgan fingerprint density at radius 1 is 1.23 bits per heavy atom. The molecule has 0 bridgehead atoms. The van der Waals surface area contributed by atoms with Crippen molar-refractivity contribution in [3.8, 4) is 11.8 Å². The van der Waals surface area contributed by atoms with Crippen molar-refractivity contribution >= 4 is 11.9 Å². The van der Waals surface area contributed by atoms with E-state index >= 15 is 0 Å². The lowest BCUT2D eigenvalue weighted by atomic mass is 9.85. The fourth-order valence-corrected chi connectivity index (χ4v) is 3.05. The zero-order valence-electron chi connectivity index (χ0n) is 15.2. The second kappa shape index (κ2) is 9.40. The van der Waals surface area contributed by atoms with Gasteiger partial charge in [0.15, 0.2) is 0 Å². The Morgan fingerprint density at radius 3 is 2.46 bits per heavy atom. The van der Waals surface area contributed by atoms with Gasteiger partial charge in [-0.1, -0.05) is 38.0 Å². The third-order valence-corrected chi connectivity index (χ3v) is 4.70. The van der Waals surface area contributed by atoms with Crippen LogP contribution >= 0.6 is 0 Å². The molecule has 1 aromatic carbocycles. The van der Waals surface area contributed by atoms with Gasteiger partial charge in [-0.05, 0) is 56.4 Å². The quantitative estimate of drug-likeness (QED) is 0.760. The summed E-state index contributed by atoms with van der Waals surface area (Å²) in [5, 5.41) is 24.0. The monoisotopic (exact) mass is 356 g/mol. The first-order chi connectivity index (χ1) is 12.4. The van der Waals surface area contributed by atoms with Crippen molar-refractivity contribution in [1.29, 1.82) is 0 Å². The third-order valence-electron chi connectivity index (χ3n) is 4.70. The zero-order valence-corrected chi connectivity index (χ0v) is 15.2. The standard InChI is InChI=1S/C21H27NO4/c1-2-3-7-18(20(24)25)22-19(23)17-10-8-16(9-11-17)12-15-21(26)13-5-4-6-14-21/h8-11,18,26H,2-7,13-14H2,1H3,(H,22,23)(H,24,25)/p-1/t18-/m1/s1. The largest absolute Gasteiger partial charge is 0.548 e. The van der Waals surface area contributed by atoms with Crippen molar-refractivity contribution < 1.29 is 19.8 Å². The summed E-state index contributed by atoms with van der Waals surface area (Å²) >= 11 is 0. The van der Waals surface area contributed by atoms with Crippen LogP contribution in [0.4, 0.5) is 0 Å². The van der Waals surface area contributed by atoms with Crippen LogP contribution in [0.1, 0.15) is 74.2 Å². The molecule has 26 heavy (non-hydrogen) atoms. The topological polar surface area (TPSA) is 89.5 Å². The van der Waals surface area contributed by atoms with Gasteiger partial charge in [0.2, 0.25) is 0 Å². The van der Waals surface area contributed by atoms with Gasteiger partial charge in [-0.25, -0.2) is 0 Å². The molecule has 1 amide bonds. The van der Waals surface area contributed by atoms with E-state index in [1.807, 2.05) is 6.92 Å². The number of carboxylic acid groups (broad SMARTS) is 1. The predicted octanol–water partition coefficient (Wildman–Crippen LogP) is 1.77. The molecule has 1 atom stereocenters. The maximum atomic E-state index is 12.2. The molecule has 1 aromatic rings. The molecule has 0 radical (unpaired) electrons. The summed E-state index contributed by atoms with van der Waals surface area (Å²) in [5.74, 6) is 4.21. The van der Waals surface area contributed by atoms with Gasteiger partial charge in [-0.15, -0.1) is 0 Å². The van der Waals surface area contributed by atoms with E-state index in [4.69, 9.17) is 0 Å². The van der Waals surface area contributed by atoms with E-state index in [1.54, 1.807) is 24.3 Å². The molecule has 1 fully saturated rings. The summed E-state index contributed by atoms with van der Waals surface area (Å²) in [6.07, 6.45) is 6.41. The van der Waals surface area contributed by atoms with E-state index in [0.29, 0.717) is 36.8 Å².